The molecule has 3 unspecified atom stereocenters. The van der Waals surface area contributed by atoms with E-state index in [1.54, 1.807) is 0 Å². The standard InChI is InChI=1S/C13H22N2O2/c1-8(2)6-9(7-14)15-12(16)10-4-3-5-11(10)13(15)17/h8-11H,3-7,14H2,1-2H3. The second-order valence-electron chi connectivity index (χ2n) is 5.71. The molecule has 0 aromatic carbocycles. The minimum atomic E-state index is -0.0967. The Morgan fingerprint density at radius 2 is 1.76 bits per heavy atom. The molecule has 1 heterocycles. The lowest BCUT2D eigenvalue weighted by Crippen LogP contribution is -2.45. The molecule has 2 amide bonds. The van der Waals surface area contributed by atoms with Crippen LogP contribution in [0.4, 0.5) is 0 Å². The Kier molecular flexibility index (Phi) is 3.52. The number of amides is 2. The van der Waals surface area contributed by atoms with E-state index in [2.05, 4.69) is 13.8 Å². The van der Waals surface area contributed by atoms with Gasteiger partial charge in [-0.25, -0.2) is 0 Å². The molecule has 17 heavy (non-hydrogen) atoms. The van der Waals surface area contributed by atoms with E-state index in [-0.39, 0.29) is 29.7 Å². The van der Waals surface area contributed by atoms with Gasteiger partial charge in [-0.3, -0.25) is 14.5 Å². The van der Waals surface area contributed by atoms with Crippen LogP contribution in [0.15, 0.2) is 0 Å². The molecule has 2 rings (SSSR count). The summed E-state index contributed by atoms with van der Waals surface area (Å²) in [6, 6.07) is -0.0967. The predicted octanol–water partition coefficient (Wildman–Crippen LogP) is 1.14. The first kappa shape index (κ1) is 12.6. The summed E-state index contributed by atoms with van der Waals surface area (Å²) in [6.45, 7) is 4.57. The summed E-state index contributed by atoms with van der Waals surface area (Å²) >= 11 is 0. The maximum absolute atomic E-state index is 12.2. The number of imide groups is 1. The van der Waals surface area contributed by atoms with E-state index in [1.807, 2.05) is 0 Å². The molecule has 1 saturated carbocycles. The van der Waals surface area contributed by atoms with Crippen molar-refractivity contribution in [1.82, 2.24) is 4.90 Å². The second kappa shape index (κ2) is 4.77. The fourth-order valence-electron chi connectivity index (χ4n) is 3.23. The summed E-state index contributed by atoms with van der Waals surface area (Å²) in [4.78, 5) is 25.9. The van der Waals surface area contributed by atoms with Gasteiger partial charge in [0.25, 0.3) is 0 Å². The Labute approximate surface area is 103 Å². The molecule has 3 atom stereocenters. The van der Waals surface area contributed by atoms with Crippen molar-refractivity contribution < 1.29 is 9.59 Å². The zero-order valence-corrected chi connectivity index (χ0v) is 10.7. The summed E-state index contributed by atoms with van der Waals surface area (Å²) < 4.78 is 0. The normalized spacial score (nSPS) is 30.2. The molecule has 4 heteroatoms. The molecule has 0 spiro atoms. The van der Waals surface area contributed by atoms with Crippen molar-refractivity contribution in [3.63, 3.8) is 0 Å². The Balaban J connectivity index is 2.15. The molecule has 0 bridgehead atoms. The van der Waals surface area contributed by atoms with E-state index in [0.29, 0.717) is 12.5 Å². The molecule has 0 radical (unpaired) electrons. The molecule has 2 N–H and O–H groups in total. The molecule has 1 aliphatic heterocycles. The average Bonchev–Trinajstić information content (AvgIpc) is 2.82. The summed E-state index contributed by atoms with van der Waals surface area (Å²) in [6.07, 6.45) is 3.58. The Morgan fingerprint density at radius 3 is 2.18 bits per heavy atom. The first-order chi connectivity index (χ1) is 8.06. The van der Waals surface area contributed by atoms with Crippen molar-refractivity contribution in [3.8, 4) is 0 Å². The van der Waals surface area contributed by atoms with E-state index in [1.165, 1.54) is 4.90 Å². The van der Waals surface area contributed by atoms with Crippen molar-refractivity contribution in [3.05, 3.63) is 0 Å². The van der Waals surface area contributed by atoms with Crippen LogP contribution < -0.4 is 5.73 Å². The van der Waals surface area contributed by atoms with Crippen LogP contribution in [-0.4, -0.2) is 29.3 Å². The van der Waals surface area contributed by atoms with Crippen molar-refractivity contribution >= 4 is 11.8 Å². The van der Waals surface area contributed by atoms with Crippen LogP contribution in [0.25, 0.3) is 0 Å². The van der Waals surface area contributed by atoms with Crippen LogP contribution in [0.2, 0.25) is 0 Å². The molecule has 2 aliphatic rings. The zero-order valence-electron chi connectivity index (χ0n) is 10.7. The number of fused-ring (bicyclic) bond motifs is 1. The molecule has 1 saturated heterocycles. The summed E-state index contributed by atoms with van der Waals surface area (Å²) in [5, 5.41) is 0. The highest BCUT2D eigenvalue weighted by Crippen LogP contribution is 2.40. The fourth-order valence-corrected chi connectivity index (χ4v) is 3.23. The van der Waals surface area contributed by atoms with Gasteiger partial charge in [-0.15, -0.1) is 0 Å². The molecule has 4 nitrogen and oxygen atoms in total. The summed E-state index contributed by atoms with van der Waals surface area (Å²) in [5.74, 6) is 0.444. The number of likely N-dealkylation sites (tertiary alicyclic amines) is 1. The Hall–Kier alpha value is -0.900. The van der Waals surface area contributed by atoms with Gasteiger partial charge < -0.3 is 5.73 Å². The van der Waals surface area contributed by atoms with Crippen molar-refractivity contribution in [2.45, 2.75) is 45.6 Å². The van der Waals surface area contributed by atoms with Crippen LogP contribution in [0.3, 0.4) is 0 Å². The molecular formula is C13H22N2O2. The number of nitrogens with zero attached hydrogens (tertiary/aromatic N) is 1. The van der Waals surface area contributed by atoms with E-state index in [0.717, 1.165) is 25.7 Å². The van der Waals surface area contributed by atoms with E-state index < -0.39 is 0 Å². The lowest BCUT2D eigenvalue weighted by molar-refractivity contribution is -0.143. The average molecular weight is 238 g/mol. The van der Waals surface area contributed by atoms with Gasteiger partial charge in [-0.2, -0.15) is 0 Å². The quantitative estimate of drug-likeness (QED) is 0.747. The topological polar surface area (TPSA) is 63.4 Å². The second-order valence-corrected chi connectivity index (χ2v) is 5.71. The highest BCUT2D eigenvalue weighted by Gasteiger charge is 2.51. The van der Waals surface area contributed by atoms with E-state index >= 15 is 0 Å². The van der Waals surface area contributed by atoms with Crippen LogP contribution in [0.5, 0.6) is 0 Å². The van der Waals surface area contributed by atoms with Crippen LogP contribution in [0, 0.1) is 17.8 Å². The fraction of sp³-hybridized carbons (Fsp3) is 0.846. The smallest absolute Gasteiger partial charge is 0.233 e. The van der Waals surface area contributed by atoms with Gasteiger partial charge in [0, 0.05) is 6.54 Å². The van der Waals surface area contributed by atoms with Gasteiger partial charge in [0.15, 0.2) is 0 Å². The lowest BCUT2D eigenvalue weighted by Gasteiger charge is -2.27. The number of nitrogens with two attached hydrogens (primary N) is 1. The third-order valence-corrected chi connectivity index (χ3v) is 4.01. The lowest BCUT2D eigenvalue weighted by atomic mass is 10.00. The third kappa shape index (κ3) is 2.10. The van der Waals surface area contributed by atoms with Gasteiger partial charge in [0.05, 0.1) is 17.9 Å². The van der Waals surface area contributed by atoms with Crippen LogP contribution in [-0.2, 0) is 9.59 Å². The largest absolute Gasteiger partial charge is 0.328 e. The highest BCUT2D eigenvalue weighted by molar-refractivity contribution is 6.05. The van der Waals surface area contributed by atoms with E-state index in [4.69, 9.17) is 5.73 Å². The SMILES string of the molecule is CC(C)CC(CN)N1C(=O)C2CCCC2C1=O. The number of hydrogen-bond acceptors (Lipinski definition) is 3. The zero-order chi connectivity index (χ0) is 12.6. The number of carbonyl (C=O) groups is 2. The van der Waals surface area contributed by atoms with Gasteiger partial charge in [0.1, 0.15) is 0 Å². The first-order valence-corrected chi connectivity index (χ1v) is 6.63. The first-order valence-electron chi connectivity index (χ1n) is 6.63. The Bertz CT molecular complexity index is 305. The van der Waals surface area contributed by atoms with Crippen LogP contribution in [0.1, 0.15) is 39.5 Å². The number of hydrogen-bond donors (Lipinski definition) is 1. The summed E-state index contributed by atoms with van der Waals surface area (Å²) in [7, 11) is 0. The minimum Gasteiger partial charge on any atom is -0.328 e. The molecule has 2 fully saturated rings. The summed E-state index contributed by atoms with van der Waals surface area (Å²) in [5.41, 5.74) is 5.73. The molecular weight excluding hydrogens is 216 g/mol. The number of carbonyl (C=O) groups excluding carboxylic acids is 2. The monoisotopic (exact) mass is 238 g/mol. The highest BCUT2D eigenvalue weighted by atomic mass is 16.2. The van der Waals surface area contributed by atoms with Gasteiger partial charge >= 0.3 is 0 Å². The Morgan fingerprint density at radius 1 is 1.24 bits per heavy atom. The van der Waals surface area contributed by atoms with Crippen molar-refractivity contribution in [1.29, 1.82) is 0 Å². The van der Waals surface area contributed by atoms with Gasteiger partial charge in [-0.1, -0.05) is 20.3 Å². The maximum Gasteiger partial charge on any atom is 0.233 e. The molecule has 0 aromatic heterocycles. The molecule has 96 valence electrons. The van der Waals surface area contributed by atoms with Gasteiger partial charge in [0.2, 0.25) is 11.8 Å². The van der Waals surface area contributed by atoms with E-state index in [9.17, 15) is 9.59 Å². The molecule has 1 aliphatic carbocycles. The van der Waals surface area contributed by atoms with Crippen LogP contribution >= 0.6 is 0 Å². The number of rotatable bonds is 4. The van der Waals surface area contributed by atoms with Crippen molar-refractivity contribution in [2.24, 2.45) is 23.5 Å². The van der Waals surface area contributed by atoms with Crippen molar-refractivity contribution in [2.75, 3.05) is 6.54 Å². The predicted molar refractivity (Wildman–Crippen MR) is 65.0 cm³/mol. The maximum atomic E-state index is 12.2. The minimum absolute atomic E-state index is 0.0357. The van der Waals surface area contributed by atoms with Gasteiger partial charge in [-0.05, 0) is 25.2 Å². The third-order valence-electron chi connectivity index (χ3n) is 4.01. The molecule has 0 aromatic rings.